The summed E-state index contributed by atoms with van der Waals surface area (Å²) < 4.78 is 1.17. The predicted molar refractivity (Wildman–Crippen MR) is 67.4 cm³/mol. The Bertz CT molecular complexity index is 441. The third kappa shape index (κ3) is 2.41. The number of rotatable bonds is 3. The van der Waals surface area contributed by atoms with E-state index in [0.717, 1.165) is 23.6 Å². The number of aromatic nitrogens is 2. The highest BCUT2D eigenvalue weighted by Crippen LogP contribution is 2.22. The van der Waals surface area contributed by atoms with Crippen LogP contribution in [0.1, 0.15) is 17.0 Å². The van der Waals surface area contributed by atoms with E-state index in [1.165, 1.54) is 9.35 Å². The van der Waals surface area contributed by atoms with Gasteiger partial charge in [0.1, 0.15) is 0 Å². The highest BCUT2D eigenvalue weighted by molar-refractivity contribution is 9.11. The van der Waals surface area contributed by atoms with Gasteiger partial charge in [-0.3, -0.25) is 5.10 Å². The van der Waals surface area contributed by atoms with Gasteiger partial charge in [-0.15, -0.1) is 11.3 Å². The van der Waals surface area contributed by atoms with Crippen molar-refractivity contribution in [1.82, 2.24) is 10.2 Å². The Kier molecular flexibility index (Phi) is 3.11. The van der Waals surface area contributed by atoms with Crippen LogP contribution in [-0.2, 0) is 6.54 Å². The quantitative estimate of drug-likeness (QED) is 0.907. The van der Waals surface area contributed by atoms with E-state index >= 15 is 0 Å². The van der Waals surface area contributed by atoms with Gasteiger partial charge in [-0.05, 0) is 46.8 Å². The first-order chi connectivity index (χ1) is 7.16. The largest absolute Gasteiger partial charge is 0.378 e. The molecule has 5 heteroatoms. The zero-order valence-corrected chi connectivity index (χ0v) is 11.0. The Balaban J connectivity index is 2.05. The maximum Gasteiger partial charge on any atom is 0.0825 e. The highest BCUT2D eigenvalue weighted by atomic mass is 79.9. The van der Waals surface area contributed by atoms with Crippen LogP contribution in [0.15, 0.2) is 15.2 Å². The van der Waals surface area contributed by atoms with Crippen molar-refractivity contribution < 1.29 is 0 Å². The molecule has 0 aliphatic heterocycles. The Morgan fingerprint density at radius 2 is 2.33 bits per heavy atom. The third-order valence-electron chi connectivity index (χ3n) is 2.22. The molecular weight excluding hydrogens is 274 g/mol. The van der Waals surface area contributed by atoms with Gasteiger partial charge in [-0.25, -0.2) is 0 Å². The summed E-state index contributed by atoms with van der Waals surface area (Å²) in [5, 5.41) is 12.6. The molecule has 0 saturated carbocycles. The second-order valence-electron chi connectivity index (χ2n) is 3.42. The molecule has 0 aliphatic carbocycles. The van der Waals surface area contributed by atoms with Gasteiger partial charge in [-0.1, -0.05) is 0 Å². The van der Waals surface area contributed by atoms with Crippen molar-refractivity contribution in [3.8, 4) is 0 Å². The van der Waals surface area contributed by atoms with Crippen LogP contribution in [0.3, 0.4) is 0 Å². The summed E-state index contributed by atoms with van der Waals surface area (Å²) in [6, 6.07) is 2.13. The first-order valence-electron chi connectivity index (χ1n) is 4.65. The summed E-state index contributed by atoms with van der Waals surface area (Å²) in [5.41, 5.74) is 4.49. The average Bonchev–Trinajstić information content (AvgIpc) is 2.73. The van der Waals surface area contributed by atoms with E-state index in [-0.39, 0.29) is 0 Å². The van der Waals surface area contributed by atoms with E-state index in [1.807, 2.05) is 13.8 Å². The Labute approximate surface area is 101 Å². The predicted octanol–water partition coefficient (Wildman–Crippen LogP) is 3.46. The number of H-pyrrole nitrogens is 1. The summed E-state index contributed by atoms with van der Waals surface area (Å²) in [5.74, 6) is 0. The molecule has 15 heavy (non-hydrogen) atoms. The number of thiophene rings is 1. The lowest BCUT2D eigenvalue weighted by atomic mass is 10.3. The van der Waals surface area contributed by atoms with Crippen molar-refractivity contribution in [3.63, 3.8) is 0 Å². The Morgan fingerprint density at radius 1 is 1.53 bits per heavy atom. The summed E-state index contributed by atoms with van der Waals surface area (Å²) in [7, 11) is 0. The van der Waals surface area contributed by atoms with E-state index in [4.69, 9.17) is 0 Å². The molecule has 0 fully saturated rings. The zero-order chi connectivity index (χ0) is 10.8. The molecule has 0 saturated heterocycles. The monoisotopic (exact) mass is 285 g/mol. The van der Waals surface area contributed by atoms with Crippen LogP contribution in [0.5, 0.6) is 0 Å². The molecule has 2 aromatic rings. The number of aryl methyl sites for hydroxylation is 2. The second kappa shape index (κ2) is 4.37. The molecule has 80 valence electrons. The lowest BCUT2D eigenvalue weighted by Gasteiger charge is -2.04. The summed E-state index contributed by atoms with van der Waals surface area (Å²) >= 11 is 5.16. The standard InChI is InChI=1S/C10H12BrN3S/c1-6-10(7(2)14-13-6)12-4-8-3-9(11)15-5-8/h3,5,12H,4H2,1-2H3,(H,13,14). The normalized spacial score (nSPS) is 10.6. The first-order valence-corrected chi connectivity index (χ1v) is 6.32. The zero-order valence-electron chi connectivity index (χ0n) is 8.60. The minimum absolute atomic E-state index is 0.837. The number of halogens is 1. The van der Waals surface area contributed by atoms with E-state index in [9.17, 15) is 0 Å². The number of anilines is 1. The lowest BCUT2D eigenvalue weighted by Crippen LogP contribution is -1.99. The van der Waals surface area contributed by atoms with Gasteiger partial charge in [0.2, 0.25) is 0 Å². The van der Waals surface area contributed by atoms with Crippen LogP contribution in [0.4, 0.5) is 5.69 Å². The van der Waals surface area contributed by atoms with E-state index in [0.29, 0.717) is 0 Å². The fourth-order valence-electron chi connectivity index (χ4n) is 1.44. The van der Waals surface area contributed by atoms with Crippen molar-refractivity contribution in [3.05, 3.63) is 32.2 Å². The molecule has 0 radical (unpaired) electrons. The maximum absolute atomic E-state index is 4.14. The molecule has 0 bridgehead atoms. The van der Waals surface area contributed by atoms with Crippen molar-refractivity contribution in [2.45, 2.75) is 20.4 Å². The van der Waals surface area contributed by atoms with Gasteiger partial charge in [0, 0.05) is 6.54 Å². The molecule has 2 heterocycles. The number of nitrogens with zero attached hydrogens (tertiary/aromatic N) is 1. The smallest absolute Gasteiger partial charge is 0.0825 e. The van der Waals surface area contributed by atoms with Crippen molar-refractivity contribution >= 4 is 33.0 Å². The van der Waals surface area contributed by atoms with Crippen LogP contribution in [0.2, 0.25) is 0 Å². The number of nitrogens with one attached hydrogen (secondary N) is 2. The maximum atomic E-state index is 4.14. The number of hydrogen-bond acceptors (Lipinski definition) is 3. The van der Waals surface area contributed by atoms with E-state index in [1.54, 1.807) is 11.3 Å². The van der Waals surface area contributed by atoms with Gasteiger partial charge in [0.05, 0.1) is 20.9 Å². The summed E-state index contributed by atoms with van der Waals surface area (Å²) in [6.07, 6.45) is 0. The molecule has 0 amide bonds. The summed E-state index contributed by atoms with van der Waals surface area (Å²) in [4.78, 5) is 0. The van der Waals surface area contributed by atoms with Crippen LogP contribution in [-0.4, -0.2) is 10.2 Å². The molecule has 0 atom stereocenters. The third-order valence-corrected chi connectivity index (χ3v) is 3.77. The minimum atomic E-state index is 0.837. The first kappa shape index (κ1) is 10.7. The van der Waals surface area contributed by atoms with Gasteiger partial charge < -0.3 is 5.32 Å². The van der Waals surface area contributed by atoms with Gasteiger partial charge in [-0.2, -0.15) is 5.10 Å². The Hall–Kier alpha value is -0.810. The van der Waals surface area contributed by atoms with Crippen molar-refractivity contribution in [2.75, 3.05) is 5.32 Å². The van der Waals surface area contributed by atoms with Crippen LogP contribution in [0.25, 0.3) is 0 Å². The molecule has 0 unspecified atom stereocenters. The van der Waals surface area contributed by atoms with E-state index in [2.05, 4.69) is 42.9 Å². The molecule has 0 aromatic carbocycles. The minimum Gasteiger partial charge on any atom is -0.378 e. The Morgan fingerprint density at radius 3 is 2.87 bits per heavy atom. The fourth-order valence-corrected chi connectivity index (χ4v) is 2.65. The number of hydrogen-bond donors (Lipinski definition) is 2. The average molecular weight is 286 g/mol. The molecule has 2 rings (SSSR count). The molecule has 2 aromatic heterocycles. The topological polar surface area (TPSA) is 40.7 Å². The highest BCUT2D eigenvalue weighted by Gasteiger charge is 2.05. The van der Waals surface area contributed by atoms with Gasteiger partial charge in [0.25, 0.3) is 0 Å². The molecule has 3 nitrogen and oxygen atoms in total. The fraction of sp³-hybridized carbons (Fsp3) is 0.300. The van der Waals surface area contributed by atoms with Crippen molar-refractivity contribution in [1.29, 1.82) is 0 Å². The lowest BCUT2D eigenvalue weighted by molar-refractivity contribution is 1.02. The summed E-state index contributed by atoms with van der Waals surface area (Å²) in [6.45, 7) is 4.85. The van der Waals surface area contributed by atoms with Crippen LogP contribution in [0, 0.1) is 13.8 Å². The molecular formula is C10H12BrN3S. The van der Waals surface area contributed by atoms with Crippen molar-refractivity contribution in [2.24, 2.45) is 0 Å². The van der Waals surface area contributed by atoms with E-state index < -0.39 is 0 Å². The molecule has 2 N–H and O–H groups in total. The van der Waals surface area contributed by atoms with Crippen LogP contribution < -0.4 is 5.32 Å². The SMILES string of the molecule is Cc1n[nH]c(C)c1NCc1csc(Br)c1. The number of aromatic amines is 1. The van der Waals surface area contributed by atoms with Gasteiger partial charge >= 0.3 is 0 Å². The van der Waals surface area contributed by atoms with Crippen LogP contribution >= 0.6 is 27.3 Å². The molecule has 0 spiro atoms. The van der Waals surface area contributed by atoms with Gasteiger partial charge in [0.15, 0.2) is 0 Å². The molecule has 0 aliphatic rings. The second-order valence-corrected chi connectivity index (χ2v) is 5.71.